The van der Waals surface area contributed by atoms with Gasteiger partial charge in [0.25, 0.3) is 0 Å². The van der Waals surface area contributed by atoms with Crippen molar-refractivity contribution in [2.75, 3.05) is 11.9 Å². The fourth-order valence-corrected chi connectivity index (χ4v) is 3.46. The summed E-state index contributed by atoms with van der Waals surface area (Å²) in [6.45, 7) is 3.17. The minimum Gasteiger partial charge on any atom is -0.373 e. The van der Waals surface area contributed by atoms with Gasteiger partial charge in [-0.25, -0.2) is 4.68 Å². The minimum absolute atomic E-state index is 0.310. The number of aromatic nitrogens is 2. The molecule has 21 heavy (non-hydrogen) atoms. The van der Waals surface area contributed by atoms with Gasteiger partial charge in [-0.2, -0.15) is 5.10 Å². The lowest BCUT2D eigenvalue weighted by atomic mass is 10.0. The molecule has 1 aromatic carbocycles. The minimum atomic E-state index is 0.310. The molecule has 0 radical (unpaired) electrons. The molecule has 110 valence electrons. The van der Waals surface area contributed by atoms with Crippen LogP contribution in [0, 0.1) is 0 Å². The standard InChI is InChI=1S/C17H21N3O/c1-12-7-8-16(21-12)15-9-10-18-17-11-14(19-20(15)17)13-5-3-2-4-6-13/h2-6,11-12,15-16,18H,7-10H2,1H3. The van der Waals surface area contributed by atoms with Crippen LogP contribution in [0.3, 0.4) is 0 Å². The molecule has 0 bridgehead atoms. The van der Waals surface area contributed by atoms with Gasteiger partial charge in [0.05, 0.1) is 23.9 Å². The van der Waals surface area contributed by atoms with Crippen molar-refractivity contribution in [2.24, 2.45) is 0 Å². The second kappa shape index (κ2) is 5.19. The number of fused-ring (bicyclic) bond motifs is 1. The highest BCUT2D eigenvalue weighted by Gasteiger charge is 2.34. The molecule has 2 aliphatic heterocycles. The lowest BCUT2D eigenvalue weighted by Crippen LogP contribution is -2.32. The molecule has 1 N–H and O–H groups in total. The highest BCUT2D eigenvalue weighted by atomic mass is 16.5. The van der Waals surface area contributed by atoms with E-state index in [2.05, 4.69) is 47.3 Å². The number of benzene rings is 1. The Balaban J connectivity index is 1.67. The first-order valence-electron chi connectivity index (χ1n) is 7.85. The molecular weight excluding hydrogens is 262 g/mol. The second-order valence-electron chi connectivity index (χ2n) is 6.07. The molecule has 3 atom stereocenters. The van der Waals surface area contributed by atoms with Crippen molar-refractivity contribution in [2.45, 2.75) is 44.4 Å². The van der Waals surface area contributed by atoms with Gasteiger partial charge in [-0.05, 0) is 26.2 Å². The molecule has 4 rings (SSSR count). The van der Waals surface area contributed by atoms with Crippen molar-refractivity contribution in [1.82, 2.24) is 9.78 Å². The van der Waals surface area contributed by atoms with Crippen LogP contribution in [0.15, 0.2) is 36.4 Å². The summed E-state index contributed by atoms with van der Waals surface area (Å²) in [6, 6.07) is 12.9. The first kappa shape index (κ1) is 12.9. The maximum atomic E-state index is 6.08. The Hall–Kier alpha value is -1.81. The van der Waals surface area contributed by atoms with Gasteiger partial charge in [-0.1, -0.05) is 30.3 Å². The lowest BCUT2D eigenvalue weighted by molar-refractivity contribution is 0.0174. The van der Waals surface area contributed by atoms with Gasteiger partial charge in [0.15, 0.2) is 0 Å². The predicted octanol–water partition coefficient (Wildman–Crippen LogP) is 3.47. The third-order valence-electron chi connectivity index (χ3n) is 4.56. The quantitative estimate of drug-likeness (QED) is 0.917. The van der Waals surface area contributed by atoms with Crippen molar-refractivity contribution in [3.8, 4) is 11.3 Å². The summed E-state index contributed by atoms with van der Waals surface area (Å²) in [5.74, 6) is 1.12. The Morgan fingerprint density at radius 1 is 1.19 bits per heavy atom. The van der Waals surface area contributed by atoms with Gasteiger partial charge in [0, 0.05) is 18.2 Å². The monoisotopic (exact) mass is 283 g/mol. The van der Waals surface area contributed by atoms with E-state index in [1.54, 1.807) is 0 Å². The van der Waals surface area contributed by atoms with Gasteiger partial charge in [-0.15, -0.1) is 0 Å². The van der Waals surface area contributed by atoms with Gasteiger partial charge in [0.1, 0.15) is 5.82 Å². The first-order valence-corrected chi connectivity index (χ1v) is 7.85. The summed E-state index contributed by atoms with van der Waals surface area (Å²) in [5, 5.41) is 8.31. The van der Waals surface area contributed by atoms with Crippen LogP contribution in [-0.2, 0) is 4.74 Å². The highest BCUT2D eigenvalue weighted by Crippen LogP contribution is 2.36. The normalized spacial score (nSPS) is 28.1. The second-order valence-corrected chi connectivity index (χ2v) is 6.07. The molecule has 0 aliphatic carbocycles. The van der Waals surface area contributed by atoms with Crippen molar-refractivity contribution >= 4 is 5.82 Å². The molecular formula is C17H21N3O. The molecule has 2 aliphatic rings. The van der Waals surface area contributed by atoms with E-state index >= 15 is 0 Å². The maximum absolute atomic E-state index is 6.08. The van der Waals surface area contributed by atoms with Crippen LogP contribution >= 0.6 is 0 Å². The third-order valence-corrected chi connectivity index (χ3v) is 4.56. The topological polar surface area (TPSA) is 39.1 Å². The fourth-order valence-electron chi connectivity index (χ4n) is 3.46. The zero-order valence-corrected chi connectivity index (χ0v) is 12.3. The summed E-state index contributed by atoms with van der Waals surface area (Å²) in [4.78, 5) is 0. The molecule has 0 amide bonds. The van der Waals surface area contributed by atoms with Crippen molar-refractivity contribution in [3.05, 3.63) is 36.4 Å². The van der Waals surface area contributed by atoms with Crippen LogP contribution in [0.1, 0.15) is 32.2 Å². The lowest BCUT2D eigenvalue weighted by Gasteiger charge is -2.29. The molecule has 1 fully saturated rings. The number of anilines is 1. The summed E-state index contributed by atoms with van der Waals surface area (Å²) in [6.07, 6.45) is 4.09. The molecule has 2 aromatic rings. The van der Waals surface area contributed by atoms with Gasteiger partial charge in [0.2, 0.25) is 0 Å². The van der Waals surface area contributed by atoms with Crippen LogP contribution in [0.5, 0.6) is 0 Å². The Bertz CT molecular complexity index is 622. The van der Waals surface area contributed by atoms with Gasteiger partial charge >= 0.3 is 0 Å². The largest absolute Gasteiger partial charge is 0.373 e. The third kappa shape index (κ3) is 2.33. The molecule has 1 aromatic heterocycles. The van der Waals surface area contributed by atoms with Crippen LogP contribution in [0.25, 0.3) is 11.3 Å². The summed E-state index contributed by atoms with van der Waals surface area (Å²) in [7, 11) is 0. The highest BCUT2D eigenvalue weighted by molar-refractivity contribution is 5.63. The van der Waals surface area contributed by atoms with E-state index in [4.69, 9.17) is 9.84 Å². The van der Waals surface area contributed by atoms with E-state index in [9.17, 15) is 0 Å². The van der Waals surface area contributed by atoms with E-state index in [0.29, 0.717) is 18.2 Å². The Morgan fingerprint density at radius 2 is 2.05 bits per heavy atom. The van der Waals surface area contributed by atoms with Gasteiger partial charge in [-0.3, -0.25) is 0 Å². The van der Waals surface area contributed by atoms with Crippen LogP contribution in [-0.4, -0.2) is 28.5 Å². The van der Waals surface area contributed by atoms with Crippen molar-refractivity contribution in [3.63, 3.8) is 0 Å². The molecule has 0 spiro atoms. The average molecular weight is 283 g/mol. The molecule has 3 unspecified atom stereocenters. The summed E-state index contributed by atoms with van der Waals surface area (Å²) < 4.78 is 8.23. The predicted molar refractivity (Wildman–Crippen MR) is 83.4 cm³/mol. The Morgan fingerprint density at radius 3 is 2.81 bits per heavy atom. The number of hydrogen-bond donors (Lipinski definition) is 1. The number of nitrogens with one attached hydrogen (secondary N) is 1. The van der Waals surface area contributed by atoms with Crippen molar-refractivity contribution in [1.29, 1.82) is 0 Å². The summed E-state index contributed by atoms with van der Waals surface area (Å²) in [5.41, 5.74) is 2.21. The van der Waals surface area contributed by atoms with Crippen LogP contribution < -0.4 is 5.32 Å². The smallest absolute Gasteiger partial charge is 0.125 e. The van der Waals surface area contributed by atoms with E-state index < -0.39 is 0 Å². The zero-order valence-electron chi connectivity index (χ0n) is 12.3. The molecule has 4 nitrogen and oxygen atoms in total. The van der Waals surface area contributed by atoms with E-state index in [1.807, 2.05) is 6.07 Å². The molecule has 4 heteroatoms. The number of ether oxygens (including phenoxy) is 1. The Kier molecular flexibility index (Phi) is 3.19. The maximum Gasteiger partial charge on any atom is 0.125 e. The number of hydrogen-bond acceptors (Lipinski definition) is 3. The number of nitrogens with zero attached hydrogens (tertiary/aromatic N) is 2. The molecule has 3 heterocycles. The summed E-state index contributed by atoms with van der Waals surface area (Å²) >= 11 is 0. The van der Waals surface area contributed by atoms with Crippen LogP contribution in [0.4, 0.5) is 5.82 Å². The SMILES string of the molecule is CC1CCC(C2CCNc3cc(-c4ccccc4)nn32)O1. The fraction of sp³-hybridized carbons (Fsp3) is 0.471. The van der Waals surface area contributed by atoms with Crippen LogP contribution in [0.2, 0.25) is 0 Å². The molecule has 1 saturated heterocycles. The van der Waals surface area contributed by atoms with E-state index in [0.717, 1.165) is 37.3 Å². The van der Waals surface area contributed by atoms with E-state index in [-0.39, 0.29) is 0 Å². The average Bonchev–Trinajstić information content (AvgIpc) is 3.14. The zero-order chi connectivity index (χ0) is 14.2. The van der Waals surface area contributed by atoms with Crippen molar-refractivity contribution < 1.29 is 4.74 Å². The Labute approximate surface area is 125 Å². The first-order chi connectivity index (χ1) is 10.3. The van der Waals surface area contributed by atoms with E-state index in [1.165, 1.54) is 5.56 Å². The number of rotatable bonds is 2. The molecule has 0 saturated carbocycles. The van der Waals surface area contributed by atoms with Gasteiger partial charge < -0.3 is 10.1 Å².